The number of nitrogens with zero attached hydrogens (tertiary/aromatic N) is 3. The van der Waals surface area contributed by atoms with Gasteiger partial charge in [0.2, 0.25) is 5.91 Å². The molecule has 0 aromatic heterocycles. The van der Waals surface area contributed by atoms with Crippen molar-refractivity contribution in [1.29, 1.82) is 0 Å². The van der Waals surface area contributed by atoms with Crippen LogP contribution in [0.5, 0.6) is 0 Å². The molecule has 3 rings (SSSR count). The summed E-state index contributed by atoms with van der Waals surface area (Å²) in [6.07, 6.45) is 4.43. The highest BCUT2D eigenvalue weighted by molar-refractivity contribution is 5.95. The molecule has 24 heavy (non-hydrogen) atoms. The van der Waals surface area contributed by atoms with Crippen LogP contribution in [0.25, 0.3) is 0 Å². The molecule has 1 saturated heterocycles. The van der Waals surface area contributed by atoms with E-state index in [0.717, 1.165) is 24.1 Å². The molecule has 1 saturated carbocycles. The van der Waals surface area contributed by atoms with Crippen molar-refractivity contribution in [2.45, 2.75) is 25.7 Å². The molecule has 2 fully saturated rings. The summed E-state index contributed by atoms with van der Waals surface area (Å²) in [5.74, 6) is 0.588. The van der Waals surface area contributed by atoms with Gasteiger partial charge in [0.1, 0.15) is 0 Å². The van der Waals surface area contributed by atoms with Crippen molar-refractivity contribution in [2.75, 3.05) is 45.2 Å². The number of carbonyl (C=O) groups is 2. The predicted octanol–water partition coefficient (Wildman–Crippen LogP) is 2.23. The average molecular weight is 329 g/mol. The van der Waals surface area contributed by atoms with Crippen LogP contribution < -0.4 is 4.90 Å². The van der Waals surface area contributed by atoms with Gasteiger partial charge in [-0.1, -0.05) is 18.9 Å². The summed E-state index contributed by atoms with van der Waals surface area (Å²) in [4.78, 5) is 31.0. The molecule has 1 heterocycles. The van der Waals surface area contributed by atoms with Crippen molar-refractivity contribution in [3.63, 3.8) is 0 Å². The number of piperazine rings is 1. The Labute approximate surface area is 144 Å². The van der Waals surface area contributed by atoms with Crippen molar-refractivity contribution in [3.8, 4) is 0 Å². The summed E-state index contributed by atoms with van der Waals surface area (Å²) in [7, 11) is 3.94. The summed E-state index contributed by atoms with van der Waals surface area (Å²) in [6.45, 7) is 2.58. The number of benzene rings is 1. The van der Waals surface area contributed by atoms with Crippen LogP contribution in [0.3, 0.4) is 0 Å². The van der Waals surface area contributed by atoms with Crippen LogP contribution in [0.15, 0.2) is 24.3 Å². The smallest absolute Gasteiger partial charge is 0.254 e. The van der Waals surface area contributed by atoms with E-state index in [-0.39, 0.29) is 11.8 Å². The Morgan fingerprint density at radius 2 is 1.62 bits per heavy atom. The van der Waals surface area contributed by atoms with Crippen molar-refractivity contribution in [3.05, 3.63) is 29.8 Å². The second-order valence-corrected chi connectivity index (χ2v) is 7.04. The van der Waals surface area contributed by atoms with Gasteiger partial charge in [-0.3, -0.25) is 9.59 Å². The highest BCUT2D eigenvalue weighted by Crippen LogP contribution is 2.27. The Morgan fingerprint density at radius 1 is 1.00 bits per heavy atom. The summed E-state index contributed by atoms with van der Waals surface area (Å²) in [5.41, 5.74) is 1.74. The molecule has 1 aliphatic heterocycles. The Kier molecular flexibility index (Phi) is 5.07. The van der Waals surface area contributed by atoms with Crippen LogP contribution in [0.1, 0.15) is 36.0 Å². The van der Waals surface area contributed by atoms with Crippen LogP contribution in [0.4, 0.5) is 5.69 Å². The molecule has 130 valence electrons. The van der Waals surface area contributed by atoms with Gasteiger partial charge in [0.05, 0.1) is 0 Å². The van der Waals surface area contributed by atoms with Gasteiger partial charge in [0.25, 0.3) is 5.91 Å². The predicted molar refractivity (Wildman–Crippen MR) is 95.2 cm³/mol. The molecule has 0 spiro atoms. The molecule has 1 aromatic rings. The molecule has 0 unspecified atom stereocenters. The number of carbonyl (C=O) groups excluding carboxylic acids is 2. The first-order valence-electron chi connectivity index (χ1n) is 8.91. The third-order valence-corrected chi connectivity index (χ3v) is 5.19. The Balaban J connectivity index is 1.59. The standard InChI is InChI=1S/C19H27N3O2/c1-20(2)17-9-5-8-16(14-17)19(24)22-12-10-21(11-13-22)18(23)15-6-3-4-7-15/h5,8-9,14-15H,3-4,6-7,10-13H2,1-2H3. The van der Waals surface area contributed by atoms with Gasteiger partial charge >= 0.3 is 0 Å². The normalized spacial score (nSPS) is 18.8. The number of anilines is 1. The topological polar surface area (TPSA) is 43.9 Å². The number of amides is 2. The van der Waals surface area contributed by atoms with Crippen LogP contribution >= 0.6 is 0 Å². The van der Waals surface area contributed by atoms with Crippen molar-refractivity contribution >= 4 is 17.5 Å². The minimum atomic E-state index is 0.0617. The molecule has 1 aromatic carbocycles. The van der Waals surface area contributed by atoms with Gasteiger partial charge in [-0.2, -0.15) is 0 Å². The summed E-state index contributed by atoms with van der Waals surface area (Å²) in [5, 5.41) is 0. The van der Waals surface area contributed by atoms with Gasteiger partial charge in [0.15, 0.2) is 0 Å². The lowest BCUT2D eigenvalue weighted by atomic mass is 10.1. The highest BCUT2D eigenvalue weighted by atomic mass is 16.2. The third kappa shape index (κ3) is 3.55. The second kappa shape index (κ2) is 7.24. The lowest BCUT2D eigenvalue weighted by Crippen LogP contribution is -2.51. The summed E-state index contributed by atoms with van der Waals surface area (Å²) < 4.78 is 0. The molecule has 1 aliphatic carbocycles. The Morgan fingerprint density at radius 3 is 2.25 bits per heavy atom. The van der Waals surface area contributed by atoms with E-state index in [2.05, 4.69) is 0 Å². The van der Waals surface area contributed by atoms with E-state index >= 15 is 0 Å². The lowest BCUT2D eigenvalue weighted by molar-refractivity contribution is -0.136. The van der Waals surface area contributed by atoms with Gasteiger partial charge in [-0.05, 0) is 31.0 Å². The van der Waals surface area contributed by atoms with E-state index in [4.69, 9.17) is 0 Å². The Bertz CT molecular complexity index is 600. The minimum absolute atomic E-state index is 0.0617. The fourth-order valence-electron chi connectivity index (χ4n) is 3.66. The van der Waals surface area contributed by atoms with E-state index in [1.165, 1.54) is 12.8 Å². The zero-order valence-electron chi connectivity index (χ0n) is 14.7. The maximum atomic E-state index is 12.7. The highest BCUT2D eigenvalue weighted by Gasteiger charge is 2.30. The molecule has 0 N–H and O–H groups in total. The Hall–Kier alpha value is -2.04. The van der Waals surface area contributed by atoms with Crippen molar-refractivity contribution in [1.82, 2.24) is 9.80 Å². The molecular weight excluding hydrogens is 302 g/mol. The molecule has 0 atom stereocenters. The maximum absolute atomic E-state index is 12.7. The first-order valence-corrected chi connectivity index (χ1v) is 8.91. The van der Waals surface area contributed by atoms with Crippen LogP contribution in [0, 0.1) is 5.92 Å². The monoisotopic (exact) mass is 329 g/mol. The van der Waals surface area contributed by atoms with E-state index in [9.17, 15) is 9.59 Å². The zero-order chi connectivity index (χ0) is 17.1. The quantitative estimate of drug-likeness (QED) is 0.854. The fraction of sp³-hybridized carbons (Fsp3) is 0.579. The van der Waals surface area contributed by atoms with Gasteiger partial charge in [0, 0.05) is 57.4 Å². The van der Waals surface area contributed by atoms with Crippen LogP contribution in [0.2, 0.25) is 0 Å². The van der Waals surface area contributed by atoms with E-state index in [1.54, 1.807) is 0 Å². The minimum Gasteiger partial charge on any atom is -0.378 e. The first-order chi connectivity index (χ1) is 11.6. The van der Waals surface area contributed by atoms with Gasteiger partial charge < -0.3 is 14.7 Å². The van der Waals surface area contributed by atoms with Crippen molar-refractivity contribution in [2.24, 2.45) is 5.92 Å². The second-order valence-electron chi connectivity index (χ2n) is 7.04. The van der Waals surface area contributed by atoms with Crippen LogP contribution in [-0.4, -0.2) is 61.9 Å². The van der Waals surface area contributed by atoms with E-state index < -0.39 is 0 Å². The molecule has 2 amide bonds. The number of hydrogen-bond donors (Lipinski definition) is 0. The van der Waals surface area contributed by atoms with E-state index in [1.807, 2.05) is 53.1 Å². The molecular formula is C19H27N3O2. The van der Waals surface area contributed by atoms with Crippen LogP contribution in [-0.2, 0) is 4.79 Å². The summed E-state index contributed by atoms with van der Waals surface area (Å²) in [6, 6.07) is 7.71. The molecule has 2 aliphatic rings. The zero-order valence-corrected chi connectivity index (χ0v) is 14.7. The fourth-order valence-corrected chi connectivity index (χ4v) is 3.66. The molecule has 5 heteroatoms. The molecule has 0 radical (unpaired) electrons. The molecule has 0 bridgehead atoms. The van der Waals surface area contributed by atoms with Gasteiger partial charge in [-0.25, -0.2) is 0 Å². The third-order valence-electron chi connectivity index (χ3n) is 5.19. The SMILES string of the molecule is CN(C)c1cccc(C(=O)N2CCN(C(=O)C3CCCC3)CC2)c1. The lowest BCUT2D eigenvalue weighted by Gasteiger charge is -2.36. The van der Waals surface area contributed by atoms with Crippen molar-refractivity contribution < 1.29 is 9.59 Å². The van der Waals surface area contributed by atoms with E-state index in [0.29, 0.717) is 32.1 Å². The molecule has 5 nitrogen and oxygen atoms in total. The number of rotatable bonds is 3. The number of hydrogen-bond acceptors (Lipinski definition) is 3. The van der Waals surface area contributed by atoms with Gasteiger partial charge in [-0.15, -0.1) is 0 Å². The largest absolute Gasteiger partial charge is 0.378 e. The average Bonchev–Trinajstić information content (AvgIpc) is 3.15. The first kappa shape index (κ1) is 16.8. The summed E-state index contributed by atoms with van der Waals surface area (Å²) >= 11 is 0. The maximum Gasteiger partial charge on any atom is 0.254 e.